The number of nitrogens with one attached hydrogen (secondary N) is 2. The second kappa shape index (κ2) is 7.47. The zero-order valence-electron chi connectivity index (χ0n) is 12.7. The van der Waals surface area contributed by atoms with E-state index in [1.807, 2.05) is 0 Å². The normalized spacial score (nSPS) is 10.7. The van der Waals surface area contributed by atoms with Crippen molar-refractivity contribution >= 4 is 17.9 Å². The van der Waals surface area contributed by atoms with Crippen LogP contribution in [0.3, 0.4) is 0 Å². The van der Waals surface area contributed by atoms with Crippen molar-refractivity contribution in [1.82, 2.24) is 10.3 Å². The molecule has 1 amide bonds. The van der Waals surface area contributed by atoms with Crippen LogP contribution in [0.25, 0.3) is 0 Å². The van der Waals surface area contributed by atoms with E-state index in [1.165, 1.54) is 13.3 Å². The molecule has 0 aliphatic heterocycles. The highest BCUT2D eigenvalue weighted by atomic mass is 16.6. The number of hydrogen-bond acceptors (Lipinski definition) is 6. The molecule has 0 spiro atoms. The minimum Gasteiger partial charge on any atom is -0.465 e. The third-order valence-electron chi connectivity index (χ3n) is 2.28. The van der Waals surface area contributed by atoms with E-state index in [9.17, 15) is 9.59 Å². The molecule has 116 valence electrons. The first-order chi connectivity index (χ1) is 9.81. The number of pyridine rings is 1. The Kier molecular flexibility index (Phi) is 5.95. The molecule has 1 aromatic heterocycles. The standard InChI is InChI=1S/C14H21N3O4/c1-14(2,3)21-13(19)17-8-7-16-11-9-10(5-6-15-11)12(18)20-4/h5-6,9H,7-8H2,1-4H3,(H,15,16)(H,17,19). The highest BCUT2D eigenvalue weighted by molar-refractivity contribution is 5.89. The fourth-order valence-electron chi connectivity index (χ4n) is 1.44. The summed E-state index contributed by atoms with van der Waals surface area (Å²) in [6, 6.07) is 3.15. The minimum atomic E-state index is -0.520. The summed E-state index contributed by atoms with van der Waals surface area (Å²) >= 11 is 0. The van der Waals surface area contributed by atoms with Crippen molar-refractivity contribution in [2.45, 2.75) is 26.4 Å². The lowest BCUT2D eigenvalue weighted by Crippen LogP contribution is -2.35. The van der Waals surface area contributed by atoms with Crippen LogP contribution in [0.15, 0.2) is 18.3 Å². The first kappa shape index (κ1) is 16.7. The van der Waals surface area contributed by atoms with Crippen molar-refractivity contribution < 1.29 is 19.1 Å². The molecule has 1 heterocycles. The van der Waals surface area contributed by atoms with Gasteiger partial charge in [-0.05, 0) is 32.9 Å². The Morgan fingerprint density at radius 1 is 1.29 bits per heavy atom. The first-order valence-corrected chi connectivity index (χ1v) is 6.57. The maximum atomic E-state index is 11.4. The van der Waals surface area contributed by atoms with Crippen molar-refractivity contribution in [1.29, 1.82) is 0 Å². The first-order valence-electron chi connectivity index (χ1n) is 6.57. The molecule has 0 unspecified atom stereocenters. The summed E-state index contributed by atoms with van der Waals surface area (Å²) in [5.41, 5.74) is -0.108. The monoisotopic (exact) mass is 295 g/mol. The quantitative estimate of drug-likeness (QED) is 0.636. The molecular weight excluding hydrogens is 274 g/mol. The molecular formula is C14H21N3O4. The predicted octanol–water partition coefficient (Wildman–Crippen LogP) is 1.80. The molecule has 0 fully saturated rings. The van der Waals surface area contributed by atoms with Crippen LogP contribution in [0.2, 0.25) is 0 Å². The largest absolute Gasteiger partial charge is 0.465 e. The molecule has 1 aromatic rings. The van der Waals surface area contributed by atoms with Gasteiger partial charge >= 0.3 is 12.1 Å². The predicted molar refractivity (Wildman–Crippen MR) is 78.3 cm³/mol. The number of rotatable bonds is 5. The highest BCUT2D eigenvalue weighted by Gasteiger charge is 2.15. The summed E-state index contributed by atoms with van der Waals surface area (Å²) in [6.45, 7) is 6.23. The summed E-state index contributed by atoms with van der Waals surface area (Å²) in [4.78, 5) is 26.9. The lowest BCUT2D eigenvalue weighted by molar-refractivity contribution is 0.0528. The molecule has 0 aliphatic rings. The number of carbonyl (C=O) groups is 2. The molecule has 21 heavy (non-hydrogen) atoms. The summed E-state index contributed by atoms with van der Waals surface area (Å²) in [6.07, 6.45) is 1.04. The third-order valence-corrected chi connectivity index (χ3v) is 2.28. The molecule has 0 saturated heterocycles. The van der Waals surface area contributed by atoms with Crippen LogP contribution in [0.5, 0.6) is 0 Å². The topological polar surface area (TPSA) is 89.5 Å². The van der Waals surface area contributed by atoms with Crippen LogP contribution in [0.4, 0.5) is 10.6 Å². The Bertz CT molecular complexity index is 497. The smallest absolute Gasteiger partial charge is 0.407 e. The van der Waals surface area contributed by atoms with Gasteiger partial charge in [-0.3, -0.25) is 0 Å². The molecule has 0 saturated carbocycles. The molecule has 0 aromatic carbocycles. The van der Waals surface area contributed by atoms with E-state index in [2.05, 4.69) is 20.4 Å². The van der Waals surface area contributed by atoms with Gasteiger partial charge in [0.25, 0.3) is 0 Å². The van der Waals surface area contributed by atoms with Crippen molar-refractivity contribution in [3.05, 3.63) is 23.9 Å². The zero-order chi connectivity index (χ0) is 15.9. The van der Waals surface area contributed by atoms with Crippen LogP contribution in [-0.4, -0.2) is 42.8 Å². The molecule has 0 bridgehead atoms. The summed E-state index contributed by atoms with van der Waals surface area (Å²) in [7, 11) is 1.32. The van der Waals surface area contributed by atoms with E-state index in [0.717, 1.165) is 0 Å². The molecule has 1 rings (SSSR count). The van der Waals surface area contributed by atoms with Gasteiger partial charge < -0.3 is 20.1 Å². The van der Waals surface area contributed by atoms with Crippen LogP contribution < -0.4 is 10.6 Å². The van der Waals surface area contributed by atoms with Gasteiger partial charge in [-0.25, -0.2) is 14.6 Å². The van der Waals surface area contributed by atoms with E-state index in [-0.39, 0.29) is 0 Å². The van der Waals surface area contributed by atoms with E-state index in [1.54, 1.807) is 32.9 Å². The Balaban J connectivity index is 2.36. The average molecular weight is 295 g/mol. The van der Waals surface area contributed by atoms with Gasteiger partial charge in [0.05, 0.1) is 12.7 Å². The molecule has 7 nitrogen and oxygen atoms in total. The van der Waals surface area contributed by atoms with Crippen LogP contribution in [0, 0.1) is 0 Å². The van der Waals surface area contributed by atoms with E-state index < -0.39 is 17.7 Å². The van der Waals surface area contributed by atoms with Crippen LogP contribution >= 0.6 is 0 Å². The molecule has 0 atom stereocenters. The molecule has 7 heteroatoms. The van der Waals surface area contributed by atoms with Gasteiger partial charge in [-0.15, -0.1) is 0 Å². The number of methoxy groups -OCH3 is 1. The lowest BCUT2D eigenvalue weighted by Gasteiger charge is -2.19. The molecule has 0 aliphatic carbocycles. The van der Waals surface area contributed by atoms with Gasteiger partial charge in [0.15, 0.2) is 0 Å². The lowest BCUT2D eigenvalue weighted by atomic mass is 10.2. The maximum absolute atomic E-state index is 11.4. The number of amides is 1. The number of esters is 1. The number of nitrogens with zero attached hydrogens (tertiary/aromatic N) is 1. The number of hydrogen-bond donors (Lipinski definition) is 2. The van der Waals surface area contributed by atoms with Crippen LogP contribution in [-0.2, 0) is 9.47 Å². The van der Waals surface area contributed by atoms with Gasteiger partial charge in [0.1, 0.15) is 11.4 Å². The van der Waals surface area contributed by atoms with Gasteiger partial charge in [-0.2, -0.15) is 0 Å². The summed E-state index contributed by atoms with van der Waals surface area (Å²) in [5, 5.41) is 5.61. The number of carbonyl (C=O) groups excluding carboxylic acids is 2. The molecule has 0 radical (unpaired) electrons. The number of alkyl carbamates (subject to hydrolysis) is 1. The van der Waals surface area contributed by atoms with E-state index in [4.69, 9.17) is 4.74 Å². The molecule has 2 N–H and O–H groups in total. The maximum Gasteiger partial charge on any atom is 0.407 e. The van der Waals surface area contributed by atoms with Gasteiger partial charge in [-0.1, -0.05) is 0 Å². The summed E-state index contributed by atoms with van der Waals surface area (Å²) in [5.74, 6) is 0.108. The Morgan fingerprint density at radius 3 is 2.62 bits per heavy atom. The van der Waals surface area contributed by atoms with Gasteiger partial charge in [0, 0.05) is 19.3 Å². The van der Waals surface area contributed by atoms with E-state index >= 15 is 0 Å². The Labute approximate surface area is 124 Å². The highest BCUT2D eigenvalue weighted by Crippen LogP contribution is 2.08. The van der Waals surface area contributed by atoms with Crippen molar-refractivity contribution in [3.8, 4) is 0 Å². The van der Waals surface area contributed by atoms with Crippen molar-refractivity contribution in [3.63, 3.8) is 0 Å². The fourth-order valence-corrected chi connectivity index (χ4v) is 1.44. The van der Waals surface area contributed by atoms with Crippen LogP contribution in [0.1, 0.15) is 31.1 Å². The van der Waals surface area contributed by atoms with E-state index in [0.29, 0.717) is 24.5 Å². The van der Waals surface area contributed by atoms with Gasteiger partial charge in [0.2, 0.25) is 0 Å². The van der Waals surface area contributed by atoms with Crippen molar-refractivity contribution in [2.24, 2.45) is 0 Å². The number of anilines is 1. The summed E-state index contributed by atoms with van der Waals surface area (Å²) < 4.78 is 9.73. The third kappa shape index (κ3) is 6.60. The SMILES string of the molecule is COC(=O)c1ccnc(NCCNC(=O)OC(C)(C)C)c1. The Hall–Kier alpha value is -2.31. The number of aromatic nitrogens is 1. The zero-order valence-corrected chi connectivity index (χ0v) is 12.7. The second-order valence-corrected chi connectivity index (χ2v) is 5.28. The minimum absolute atomic E-state index is 0.374. The fraction of sp³-hybridized carbons (Fsp3) is 0.500. The van der Waals surface area contributed by atoms with Crippen molar-refractivity contribution in [2.75, 3.05) is 25.5 Å². The number of ether oxygens (including phenoxy) is 2. The average Bonchev–Trinajstić information content (AvgIpc) is 2.41. The second-order valence-electron chi connectivity index (χ2n) is 5.28. The Morgan fingerprint density at radius 2 is 2.00 bits per heavy atom.